The highest BCUT2D eigenvalue weighted by atomic mass is 19.2. The fourth-order valence-electron chi connectivity index (χ4n) is 4.70. The Hall–Kier alpha value is -2.59. The Morgan fingerprint density at radius 3 is 2.24 bits per heavy atom. The minimum absolute atomic E-state index is 0.00444. The van der Waals surface area contributed by atoms with E-state index in [-0.39, 0.29) is 29.7 Å². The first-order chi connectivity index (χ1) is 16.0. The first-order valence-corrected chi connectivity index (χ1v) is 11.9. The Kier molecular flexibility index (Phi) is 7.54. The molecule has 174 valence electrons. The van der Waals surface area contributed by atoms with Crippen molar-refractivity contribution in [3.8, 4) is 11.1 Å². The van der Waals surface area contributed by atoms with Crippen molar-refractivity contribution in [3.63, 3.8) is 0 Å². The molecule has 4 heteroatoms. The fourth-order valence-corrected chi connectivity index (χ4v) is 4.70. The fraction of sp³-hybridized carbons (Fsp3) is 0.379. The van der Waals surface area contributed by atoms with Gasteiger partial charge >= 0.3 is 0 Å². The summed E-state index contributed by atoms with van der Waals surface area (Å²) in [5.41, 5.74) is 4.05. The molecule has 0 unspecified atom stereocenters. The topological polar surface area (TPSA) is 9.23 Å². The van der Waals surface area contributed by atoms with E-state index in [4.69, 9.17) is 4.74 Å². The SMILES string of the molecule is CCCc1ccc(-c2ccc(COC3CCC(c4ccc(C)c(F)c4)CC3)c(F)c2F)cc1. The van der Waals surface area contributed by atoms with Crippen LogP contribution in [0.25, 0.3) is 11.1 Å². The van der Waals surface area contributed by atoms with Gasteiger partial charge in [-0.25, -0.2) is 13.2 Å². The van der Waals surface area contributed by atoms with Gasteiger partial charge in [0, 0.05) is 11.1 Å². The summed E-state index contributed by atoms with van der Waals surface area (Å²) in [6, 6.07) is 16.3. The molecule has 1 aliphatic rings. The molecule has 0 heterocycles. The van der Waals surface area contributed by atoms with E-state index in [0.717, 1.165) is 44.1 Å². The van der Waals surface area contributed by atoms with Crippen molar-refractivity contribution in [1.29, 1.82) is 0 Å². The molecule has 1 saturated carbocycles. The highest BCUT2D eigenvalue weighted by Gasteiger charge is 2.24. The normalized spacial score (nSPS) is 18.5. The second-order valence-electron chi connectivity index (χ2n) is 9.14. The lowest BCUT2D eigenvalue weighted by Crippen LogP contribution is -2.21. The third-order valence-corrected chi connectivity index (χ3v) is 6.78. The smallest absolute Gasteiger partial charge is 0.167 e. The quantitative estimate of drug-likeness (QED) is 0.350. The van der Waals surface area contributed by atoms with Crippen molar-refractivity contribution >= 4 is 0 Å². The van der Waals surface area contributed by atoms with E-state index in [2.05, 4.69) is 6.92 Å². The van der Waals surface area contributed by atoms with Crippen molar-refractivity contribution in [2.45, 2.75) is 71.0 Å². The van der Waals surface area contributed by atoms with Crippen LogP contribution in [0, 0.1) is 24.4 Å². The molecule has 4 rings (SSSR count). The van der Waals surface area contributed by atoms with Crippen molar-refractivity contribution in [2.75, 3.05) is 0 Å². The van der Waals surface area contributed by atoms with Gasteiger partial charge in [-0.05, 0) is 73.3 Å². The standard InChI is InChI=1S/C29H31F3O/c1-3-4-20-6-9-22(10-7-20)26-16-13-24(28(31)29(26)32)18-33-25-14-11-21(12-15-25)23-8-5-19(2)27(30)17-23/h5-10,13,16-17,21,25H,3-4,11-12,14-15,18H2,1-2H3. The number of hydrogen-bond acceptors (Lipinski definition) is 1. The molecule has 1 aliphatic carbocycles. The number of ether oxygens (including phenoxy) is 1. The van der Waals surface area contributed by atoms with E-state index < -0.39 is 11.6 Å². The predicted molar refractivity (Wildman–Crippen MR) is 127 cm³/mol. The van der Waals surface area contributed by atoms with Gasteiger partial charge in [-0.2, -0.15) is 0 Å². The maximum absolute atomic E-state index is 14.8. The highest BCUT2D eigenvalue weighted by Crippen LogP contribution is 2.35. The number of rotatable bonds is 7. The second kappa shape index (κ2) is 10.6. The minimum Gasteiger partial charge on any atom is -0.373 e. The van der Waals surface area contributed by atoms with Gasteiger partial charge in [-0.15, -0.1) is 0 Å². The molecule has 0 saturated heterocycles. The third kappa shape index (κ3) is 5.50. The summed E-state index contributed by atoms with van der Waals surface area (Å²) in [6.07, 6.45) is 5.47. The van der Waals surface area contributed by atoms with Gasteiger partial charge in [-0.1, -0.05) is 61.9 Å². The molecule has 33 heavy (non-hydrogen) atoms. The summed E-state index contributed by atoms with van der Waals surface area (Å²) in [4.78, 5) is 0. The zero-order valence-electron chi connectivity index (χ0n) is 19.3. The van der Waals surface area contributed by atoms with Gasteiger partial charge < -0.3 is 4.74 Å². The molecule has 1 fully saturated rings. The lowest BCUT2D eigenvalue weighted by atomic mass is 9.82. The summed E-state index contributed by atoms with van der Waals surface area (Å²) < 4.78 is 49.4. The molecule has 0 spiro atoms. The summed E-state index contributed by atoms with van der Waals surface area (Å²) in [7, 11) is 0. The van der Waals surface area contributed by atoms with Crippen LogP contribution in [0.4, 0.5) is 13.2 Å². The molecule has 0 N–H and O–H groups in total. The second-order valence-corrected chi connectivity index (χ2v) is 9.14. The van der Waals surface area contributed by atoms with Gasteiger partial charge in [0.25, 0.3) is 0 Å². The van der Waals surface area contributed by atoms with E-state index in [0.29, 0.717) is 17.0 Å². The first-order valence-electron chi connectivity index (χ1n) is 11.9. The van der Waals surface area contributed by atoms with Gasteiger partial charge in [0.05, 0.1) is 12.7 Å². The molecule has 0 aromatic heterocycles. The number of benzene rings is 3. The molecular formula is C29H31F3O. The van der Waals surface area contributed by atoms with Gasteiger partial charge in [0.15, 0.2) is 11.6 Å². The lowest BCUT2D eigenvalue weighted by Gasteiger charge is -2.29. The van der Waals surface area contributed by atoms with Gasteiger partial charge in [0.1, 0.15) is 5.82 Å². The van der Waals surface area contributed by atoms with E-state index in [1.54, 1.807) is 25.1 Å². The molecule has 0 aliphatic heterocycles. The zero-order chi connectivity index (χ0) is 23.4. The predicted octanol–water partition coefficient (Wildman–Crippen LogP) is 8.27. The van der Waals surface area contributed by atoms with Crippen LogP contribution in [-0.4, -0.2) is 6.10 Å². The summed E-state index contributed by atoms with van der Waals surface area (Å²) in [5.74, 6) is -1.51. The number of hydrogen-bond donors (Lipinski definition) is 0. The monoisotopic (exact) mass is 452 g/mol. The van der Waals surface area contributed by atoms with Crippen LogP contribution in [0.15, 0.2) is 54.6 Å². The summed E-state index contributed by atoms with van der Waals surface area (Å²) in [6.45, 7) is 3.93. The largest absolute Gasteiger partial charge is 0.373 e. The first kappa shape index (κ1) is 23.6. The molecule has 0 atom stereocenters. The Balaban J connectivity index is 1.35. The average molecular weight is 453 g/mol. The summed E-state index contributed by atoms with van der Waals surface area (Å²) >= 11 is 0. The van der Waals surface area contributed by atoms with Gasteiger partial charge in [-0.3, -0.25) is 0 Å². The van der Waals surface area contributed by atoms with Crippen LogP contribution in [-0.2, 0) is 17.8 Å². The van der Waals surface area contributed by atoms with Crippen LogP contribution >= 0.6 is 0 Å². The van der Waals surface area contributed by atoms with Crippen molar-refractivity contribution in [1.82, 2.24) is 0 Å². The maximum atomic E-state index is 14.8. The zero-order valence-corrected chi connectivity index (χ0v) is 19.3. The van der Waals surface area contributed by atoms with Crippen molar-refractivity contribution in [3.05, 3.63) is 94.3 Å². The molecule has 0 bridgehead atoms. The Labute approximate surface area is 194 Å². The van der Waals surface area contributed by atoms with Gasteiger partial charge in [0.2, 0.25) is 0 Å². The molecule has 1 nitrogen and oxygen atoms in total. The third-order valence-electron chi connectivity index (χ3n) is 6.78. The number of aryl methyl sites for hydroxylation is 2. The van der Waals surface area contributed by atoms with Crippen molar-refractivity contribution < 1.29 is 17.9 Å². The van der Waals surface area contributed by atoms with Crippen LogP contribution in [0.1, 0.15) is 67.2 Å². The van der Waals surface area contributed by atoms with Crippen molar-refractivity contribution in [2.24, 2.45) is 0 Å². The molecule has 3 aromatic rings. The van der Waals surface area contributed by atoms with E-state index in [9.17, 15) is 13.2 Å². The molecule has 0 radical (unpaired) electrons. The molecule has 0 amide bonds. The number of halogens is 3. The maximum Gasteiger partial charge on any atom is 0.167 e. The Morgan fingerprint density at radius 1 is 0.848 bits per heavy atom. The van der Waals surface area contributed by atoms with Crippen LogP contribution in [0.2, 0.25) is 0 Å². The van der Waals surface area contributed by atoms with E-state index >= 15 is 0 Å². The van der Waals surface area contributed by atoms with Crippen LogP contribution < -0.4 is 0 Å². The van der Waals surface area contributed by atoms with E-state index in [1.165, 1.54) is 5.56 Å². The van der Waals surface area contributed by atoms with Crippen LogP contribution in [0.3, 0.4) is 0 Å². The Bertz CT molecular complexity index is 1080. The Morgan fingerprint density at radius 2 is 1.58 bits per heavy atom. The molecular weight excluding hydrogens is 421 g/mol. The average Bonchev–Trinajstić information content (AvgIpc) is 2.83. The lowest BCUT2D eigenvalue weighted by molar-refractivity contribution is 0.0119. The molecule has 3 aromatic carbocycles. The highest BCUT2D eigenvalue weighted by molar-refractivity contribution is 5.65. The minimum atomic E-state index is -0.839. The van der Waals surface area contributed by atoms with E-state index in [1.807, 2.05) is 36.4 Å². The summed E-state index contributed by atoms with van der Waals surface area (Å²) in [5, 5.41) is 0. The van der Waals surface area contributed by atoms with Crippen LogP contribution in [0.5, 0.6) is 0 Å².